The molecule has 0 fully saturated rings. The minimum absolute atomic E-state index is 0.544. The van der Waals surface area contributed by atoms with Crippen LogP contribution in [0, 0.1) is 0 Å². The molecule has 0 spiro atoms. The van der Waals surface area contributed by atoms with Crippen molar-refractivity contribution in [3.8, 4) is 0 Å². The van der Waals surface area contributed by atoms with Crippen LogP contribution in [0.4, 0.5) is 0 Å². The Kier molecular flexibility index (Phi) is 7.82. The van der Waals surface area contributed by atoms with Gasteiger partial charge in [0.15, 0.2) is 0 Å². The summed E-state index contributed by atoms with van der Waals surface area (Å²) < 4.78 is 1.29. The van der Waals surface area contributed by atoms with E-state index in [1.807, 2.05) is 33.8 Å². The van der Waals surface area contributed by atoms with Gasteiger partial charge in [0, 0.05) is 5.92 Å². The Morgan fingerprint density at radius 2 is 1.56 bits per heavy atom. The largest absolute Gasteiger partial charge is 0.241 e. The fourth-order valence-corrected chi connectivity index (χ4v) is 2.11. The van der Waals surface area contributed by atoms with Gasteiger partial charge in [0.05, 0.1) is 15.2 Å². The molecule has 0 atom stereocenters. The third kappa shape index (κ3) is 3.93. The van der Waals surface area contributed by atoms with Crippen molar-refractivity contribution < 1.29 is 0 Å². The maximum atomic E-state index is 4.53. The lowest BCUT2D eigenvalue weighted by atomic mass is 10.2. The van der Waals surface area contributed by atoms with Gasteiger partial charge in [-0.2, -0.15) is 0 Å². The number of rotatable bonds is 1. The molecule has 0 aliphatic rings. The molecule has 0 aliphatic carbocycles. The van der Waals surface area contributed by atoms with Gasteiger partial charge in [-0.15, -0.1) is 11.3 Å². The normalized spacial score (nSPS) is 9.19. The van der Waals surface area contributed by atoms with Crippen molar-refractivity contribution >= 4 is 21.6 Å². The highest BCUT2D eigenvalue weighted by molar-refractivity contribution is 7.18. The van der Waals surface area contributed by atoms with Crippen molar-refractivity contribution in [1.82, 2.24) is 4.98 Å². The standard InChI is InChI=1S/C10H11NS.2C2H6/c1-7(2)10-11-8-5-3-4-6-9(8)12-10;2*1-2/h3-7H,1-2H3;2*1-2H3. The summed E-state index contributed by atoms with van der Waals surface area (Å²) in [6.07, 6.45) is 0. The van der Waals surface area contributed by atoms with Crippen molar-refractivity contribution in [2.45, 2.75) is 47.5 Å². The molecule has 16 heavy (non-hydrogen) atoms. The van der Waals surface area contributed by atoms with Crippen LogP contribution in [0.25, 0.3) is 10.2 Å². The first-order valence-electron chi connectivity index (χ1n) is 6.13. The van der Waals surface area contributed by atoms with Gasteiger partial charge in [0.1, 0.15) is 0 Å². The SMILES string of the molecule is CC.CC.CC(C)c1nc2ccccc2s1. The molecular formula is C14H23NS. The van der Waals surface area contributed by atoms with Gasteiger partial charge in [-0.25, -0.2) is 4.98 Å². The van der Waals surface area contributed by atoms with Crippen molar-refractivity contribution in [3.63, 3.8) is 0 Å². The lowest BCUT2D eigenvalue weighted by Crippen LogP contribution is -1.82. The van der Waals surface area contributed by atoms with Gasteiger partial charge >= 0.3 is 0 Å². The van der Waals surface area contributed by atoms with Gasteiger partial charge in [-0.1, -0.05) is 53.7 Å². The summed E-state index contributed by atoms with van der Waals surface area (Å²) in [6, 6.07) is 8.29. The zero-order valence-electron chi connectivity index (χ0n) is 11.2. The van der Waals surface area contributed by atoms with Crippen molar-refractivity contribution in [3.05, 3.63) is 29.3 Å². The van der Waals surface area contributed by atoms with Gasteiger partial charge in [0.25, 0.3) is 0 Å². The Balaban J connectivity index is 0.000000509. The van der Waals surface area contributed by atoms with E-state index in [4.69, 9.17) is 0 Å². The second-order valence-corrected chi connectivity index (χ2v) is 4.24. The van der Waals surface area contributed by atoms with Gasteiger partial charge < -0.3 is 0 Å². The number of benzene rings is 1. The molecule has 0 radical (unpaired) electrons. The van der Waals surface area contributed by atoms with Crippen LogP contribution < -0.4 is 0 Å². The topological polar surface area (TPSA) is 12.9 Å². The maximum absolute atomic E-state index is 4.53. The Morgan fingerprint density at radius 3 is 2.06 bits per heavy atom. The van der Waals surface area contributed by atoms with Gasteiger partial charge in [-0.05, 0) is 12.1 Å². The minimum atomic E-state index is 0.544. The highest BCUT2D eigenvalue weighted by Gasteiger charge is 2.05. The Labute approximate surface area is 104 Å². The minimum Gasteiger partial charge on any atom is -0.241 e. The molecule has 2 rings (SSSR count). The first-order chi connectivity index (χ1) is 7.77. The molecule has 2 aromatic rings. The monoisotopic (exact) mass is 237 g/mol. The van der Waals surface area contributed by atoms with E-state index < -0.39 is 0 Å². The van der Waals surface area contributed by atoms with E-state index in [1.165, 1.54) is 9.71 Å². The molecule has 0 aliphatic heterocycles. The first-order valence-corrected chi connectivity index (χ1v) is 6.94. The van der Waals surface area contributed by atoms with Crippen LogP contribution in [0.1, 0.15) is 52.5 Å². The quantitative estimate of drug-likeness (QED) is 0.640. The highest BCUT2D eigenvalue weighted by atomic mass is 32.1. The molecule has 2 heteroatoms. The summed E-state index contributed by atoms with van der Waals surface area (Å²) in [4.78, 5) is 4.53. The van der Waals surface area contributed by atoms with Crippen LogP contribution in [0.5, 0.6) is 0 Å². The van der Waals surface area contributed by atoms with Crippen LogP contribution in [0.15, 0.2) is 24.3 Å². The fraction of sp³-hybridized carbons (Fsp3) is 0.500. The number of para-hydroxylation sites is 1. The summed E-state index contributed by atoms with van der Waals surface area (Å²) in [5.41, 5.74) is 1.13. The predicted molar refractivity (Wildman–Crippen MR) is 76.4 cm³/mol. The van der Waals surface area contributed by atoms with E-state index in [0.29, 0.717) is 5.92 Å². The molecule has 0 saturated heterocycles. The fourth-order valence-electron chi connectivity index (χ4n) is 1.14. The van der Waals surface area contributed by atoms with E-state index in [9.17, 15) is 0 Å². The molecule has 1 aromatic carbocycles. The number of aromatic nitrogens is 1. The molecule has 0 bridgehead atoms. The number of fused-ring (bicyclic) bond motifs is 1. The van der Waals surface area contributed by atoms with Crippen LogP contribution in [-0.4, -0.2) is 4.98 Å². The zero-order chi connectivity index (χ0) is 12.6. The van der Waals surface area contributed by atoms with E-state index >= 15 is 0 Å². The lowest BCUT2D eigenvalue weighted by molar-refractivity contribution is 0.857. The van der Waals surface area contributed by atoms with Crippen molar-refractivity contribution in [2.75, 3.05) is 0 Å². The molecule has 1 aromatic heterocycles. The second kappa shape index (κ2) is 8.28. The van der Waals surface area contributed by atoms with Crippen LogP contribution in [0.2, 0.25) is 0 Å². The summed E-state index contributed by atoms with van der Waals surface area (Å²) in [5.74, 6) is 0.544. The van der Waals surface area contributed by atoms with E-state index in [0.717, 1.165) is 5.52 Å². The molecule has 0 unspecified atom stereocenters. The number of thiazole rings is 1. The third-order valence-electron chi connectivity index (χ3n) is 1.80. The molecule has 90 valence electrons. The summed E-state index contributed by atoms with van der Waals surface area (Å²) in [6.45, 7) is 12.4. The van der Waals surface area contributed by atoms with Gasteiger partial charge in [0.2, 0.25) is 0 Å². The Bertz CT molecular complexity index is 357. The second-order valence-electron chi connectivity index (χ2n) is 3.17. The van der Waals surface area contributed by atoms with Gasteiger partial charge in [-0.3, -0.25) is 0 Å². The lowest BCUT2D eigenvalue weighted by Gasteiger charge is -1.94. The number of nitrogens with zero attached hydrogens (tertiary/aromatic N) is 1. The molecule has 0 N–H and O–H groups in total. The molecular weight excluding hydrogens is 214 g/mol. The van der Waals surface area contributed by atoms with Crippen LogP contribution >= 0.6 is 11.3 Å². The summed E-state index contributed by atoms with van der Waals surface area (Å²) in [5, 5.41) is 1.23. The molecule has 1 nitrogen and oxygen atoms in total. The third-order valence-corrected chi connectivity index (χ3v) is 3.14. The number of hydrogen-bond acceptors (Lipinski definition) is 2. The van der Waals surface area contributed by atoms with Crippen LogP contribution in [0.3, 0.4) is 0 Å². The Hall–Kier alpha value is -0.890. The average Bonchev–Trinajstić information content (AvgIpc) is 2.78. The smallest absolute Gasteiger partial charge is 0.0963 e. The summed E-state index contributed by atoms with van der Waals surface area (Å²) in [7, 11) is 0. The Morgan fingerprint density at radius 1 is 1.00 bits per heavy atom. The van der Waals surface area contributed by atoms with E-state index in [2.05, 4.69) is 37.0 Å². The zero-order valence-corrected chi connectivity index (χ0v) is 12.1. The van der Waals surface area contributed by atoms with Crippen LogP contribution in [-0.2, 0) is 0 Å². The molecule has 0 saturated carbocycles. The highest BCUT2D eigenvalue weighted by Crippen LogP contribution is 2.26. The average molecular weight is 237 g/mol. The van der Waals surface area contributed by atoms with E-state index in [1.54, 1.807) is 11.3 Å². The number of hydrogen-bond donors (Lipinski definition) is 0. The summed E-state index contributed by atoms with van der Waals surface area (Å²) >= 11 is 1.79. The molecule has 0 amide bonds. The van der Waals surface area contributed by atoms with Crippen molar-refractivity contribution in [1.29, 1.82) is 0 Å². The van der Waals surface area contributed by atoms with Crippen molar-refractivity contribution in [2.24, 2.45) is 0 Å². The maximum Gasteiger partial charge on any atom is 0.0963 e. The first kappa shape index (κ1) is 15.1. The molecule has 1 heterocycles. The van der Waals surface area contributed by atoms with E-state index in [-0.39, 0.29) is 0 Å². The predicted octanol–water partition coefficient (Wildman–Crippen LogP) is 5.47.